The molecule has 0 spiro atoms. The van der Waals surface area contributed by atoms with Crippen molar-refractivity contribution in [2.45, 2.75) is 32.2 Å². The molecular formula is C13H17N3O3. The van der Waals surface area contributed by atoms with E-state index in [0.717, 1.165) is 6.42 Å². The summed E-state index contributed by atoms with van der Waals surface area (Å²) in [5.74, 6) is -0.771. The Hall–Kier alpha value is -2.08. The highest BCUT2D eigenvalue weighted by atomic mass is 16.4. The first-order valence-electron chi connectivity index (χ1n) is 6.15. The molecule has 0 aliphatic carbocycles. The molecule has 102 valence electrons. The summed E-state index contributed by atoms with van der Waals surface area (Å²) >= 11 is 0. The maximum absolute atomic E-state index is 12.0. The second-order valence-electron chi connectivity index (χ2n) is 4.85. The van der Waals surface area contributed by atoms with Gasteiger partial charge in [-0.05, 0) is 31.5 Å². The Morgan fingerprint density at radius 2 is 2.26 bits per heavy atom. The van der Waals surface area contributed by atoms with Crippen molar-refractivity contribution in [2.75, 3.05) is 5.32 Å². The Kier molecular flexibility index (Phi) is 3.44. The van der Waals surface area contributed by atoms with Crippen LogP contribution in [0.15, 0.2) is 27.4 Å². The van der Waals surface area contributed by atoms with Crippen molar-refractivity contribution in [1.82, 2.24) is 4.98 Å². The molecule has 1 aromatic carbocycles. The van der Waals surface area contributed by atoms with Gasteiger partial charge in [0, 0.05) is 5.69 Å². The number of anilines is 1. The van der Waals surface area contributed by atoms with E-state index in [-0.39, 0.29) is 5.91 Å². The third kappa shape index (κ3) is 2.85. The van der Waals surface area contributed by atoms with E-state index >= 15 is 0 Å². The summed E-state index contributed by atoms with van der Waals surface area (Å²) in [5, 5.41) is 2.74. The van der Waals surface area contributed by atoms with Crippen molar-refractivity contribution < 1.29 is 9.21 Å². The summed E-state index contributed by atoms with van der Waals surface area (Å²) in [6.07, 6.45) is 1.43. The minimum absolute atomic E-state index is 0.250. The number of nitrogens with one attached hydrogen (secondary N) is 2. The van der Waals surface area contributed by atoms with Gasteiger partial charge in [-0.2, -0.15) is 0 Å². The average molecular weight is 263 g/mol. The number of aromatic amines is 1. The van der Waals surface area contributed by atoms with Crippen molar-refractivity contribution in [3.8, 4) is 0 Å². The van der Waals surface area contributed by atoms with E-state index in [1.54, 1.807) is 25.1 Å². The fraction of sp³-hybridized carbons (Fsp3) is 0.385. The predicted octanol–water partition coefficient (Wildman–Crippen LogP) is 1.58. The lowest BCUT2D eigenvalue weighted by Gasteiger charge is -2.22. The van der Waals surface area contributed by atoms with E-state index in [1.807, 2.05) is 6.92 Å². The normalized spacial score (nSPS) is 14.3. The monoisotopic (exact) mass is 263 g/mol. The van der Waals surface area contributed by atoms with Crippen LogP contribution in [0.1, 0.15) is 26.7 Å². The van der Waals surface area contributed by atoms with Crippen LogP contribution in [0.4, 0.5) is 5.69 Å². The lowest BCUT2D eigenvalue weighted by molar-refractivity contribution is -0.120. The van der Waals surface area contributed by atoms with Crippen LogP contribution in [0.25, 0.3) is 11.1 Å². The van der Waals surface area contributed by atoms with Crippen LogP contribution >= 0.6 is 0 Å². The number of hydrogen-bond donors (Lipinski definition) is 3. The Labute approximate surface area is 110 Å². The minimum atomic E-state index is -0.909. The van der Waals surface area contributed by atoms with Crippen molar-refractivity contribution in [2.24, 2.45) is 5.73 Å². The number of carbonyl (C=O) groups is 1. The largest absolute Gasteiger partial charge is 0.417 e. The van der Waals surface area contributed by atoms with E-state index < -0.39 is 11.3 Å². The molecule has 6 heteroatoms. The van der Waals surface area contributed by atoms with Gasteiger partial charge in [0.15, 0.2) is 5.58 Å². The van der Waals surface area contributed by atoms with Gasteiger partial charge in [-0.3, -0.25) is 9.78 Å². The fourth-order valence-electron chi connectivity index (χ4n) is 1.94. The van der Waals surface area contributed by atoms with E-state index in [4.69, 9.17) is 10.2 Å². The zero-order valence-corrected chi connectivity index (χ0v) is 10.9. The third-order valence-electron chi connectivity index (χ3n) is 2.96. The Morgan fingerprint density at radius 3 is 2.95 bits per heavy atom. The topological polar surface area (TPSA) is 101 Å². The molecule has 0 bridgehead atoms. The molecule has 6 nitrogen and oxygen atoms in total. The second kappa shape index (κ2) is 4.89. The number of rotatable bonds is 4. The first-order valence-corrected chi connectivity index (χ1v) is 6.15. The van der Waals surface area contributed by atoms with Crippen LogP contribution in [-0.2, 0) is 4.79 Å². The summed E-state index contributed by atoms with van der Waals surface area (Å²) < 4.78 is 4.89. The minimum Gasteiger partial charge on any atom is -0.408 e. The molecule has 0 aliphatic rings. The van der Waals surface area contributed by atoms with Crippen molar-refractivity contribution in [3.05, 3.63) is 28.7 Å². The van der Waals surface area contributed by atoms with Crippen molar-refractivity contribution >= 4 is 22.7 Å². The molecule has 19 heavy (non-hydrogen) atoms. The number of amides is 1. The van der Waals surface area contributed by atoms with Crippen molar-refractivity contribution in [1.29, 1.82) is 0 Å². The SMILES string of the molecule is CCCC(C)(N)C(=O)Nc1ccc2oc(=O)[nH]c2c1. The van der Waals surface area contributed by atoms with Crippen LogP contribution in [0.5, 0.6) is 0 Å². The number of benzene rings is 1. The molecule has 1 amide bonds. The molecule has 0 fully saturated rings. The number of fused-ring (bicyclic) bond motifs is 1. The van der Waals surface area contributed by atoms with E-state index in [9.17, 15) is 9.59 Å². The molecule has 2 aromatic rings. The fourth-order valence-corrected chi connectivity index (χ4v) is 1.94. The number of oxazole rings is 1. The van der Waals surface area contributed by atoms with Gasteiger partial charge in [0.05, 0.1) is 11.1 Å². The average Bonchev–Trinajstić information content (AvgIpc) is 2.68. The molecule has 0 radical (unpaired) electrons. The first kappa shape index (κ1) is 13.4. The van der Waals surface area contributed by atoms with Gasteiger partial charge < -0.3 is 15.5 Å². The molecule has 0 saturated carbocycles. The summed E-state index contributed by atoms with van der Waals surface area (Å²) in [6, 6.07) is 4.93. The molecule has 0 aliphatic heterocycles. The zero-order valence-electron chi connectivity index (χ0n) is 10.9. The maximum atomic E-state index is 12.0. The van der Waals surface area contributed by atoms with Crippen LogP contribution in [-0.4, -0.2) is 16.4 Å². The van der Waals surface area contributed by atoms with Gasteiger partial charge in [0.1, 0.15) is 0 Å². The molecular weight excluding hydrogens is 246 g/mol. The van der Waals surface area contributed by atoms with Gasteiger partial charge in [-0.1, -0.05) is 13.3 Å². The smallest absolute Gasteiger partial charge is 0.408 e. The molecule has 1 aromatic heterocycles. The lowest BCUT2D eigenvalue weighted by atomic mass is 9.96. The summed E-state index contributed by atoms with van der Waals surface area (Å²) in [5.41, 5.74) is 6.60. The molecule has 4 N–H and O–H groups in total. The van der Waals surface area contributed by atoms with Gasteiger partial charge >= 0.3 is 5.76 Å². The summed E-state index contributed by atoms with van der Waals surface area (Å²) in [7, 11) is 0. The van der Waals surface area contributed by atoms with E-state index in [0.29, 0.717) is 23.2 Å². The molecule has 2 rings (SSSR count). The van der Waals surface area contributed by atoms with E-state index in [1.165, 1.54) is 0 Å². The lowest BCUT2D eigenvalue weighted by Crippen LogP contribution is -2.48. The quantitative estimate of drug-likeness (QED) is 0.779. The molecule has 1 atom stereocenters. The van der Waals surface area contributed by atoms with Crippen LogP contribution in [0.2, 0.25) is 0 Å². The third-order valence-corrected chi connectivity index (χ3v) is 2.96. The van der Waals surface area contributed by atoms with Gasteiger partial charge in [0.2, 0.25) is 5.91 Å². The summed E-state index contributed by atoms with van der Waals surface area (Å²) in [6.45, 7) is 3.67. The predicted molar refractivity (Wildman–Crippen MR) is 73.0 cm³/mol. The second-order valence-corrected chi connectivity index (χ2v) is 4.85. The number of aromatic nitrogens is 1. The molecule has 1 heterocycles. The number of H-pyrrole nitrogens is 1. The van der Waals surface area contributed by atoms with Crippen LogP contribution < -0.4 is 16.8 Å². The first-order chi connectivity index (χ1) is 8.92. The van der Waals surface area contributed by atoms with Gasteiger partial charge in [0.25, 0.3) is 0 Å². The Morgan fingerprint density at radius 1 is 1.53 bits per heavy atom. The standard InChI is InChI=1S/C13H17N3O3/c1-3-6-13(2,14)11(17)15-8-4-5-10-9(7-8)16-12(18)19-10/h4-5,7H,3,6,14H2,1-2H3,(H,15,17)(H,16,18). The Balaban J connectivity index is 2.21. The highest BCUT2D eigenvalue weighted by molar-refractivity contribution is 5.98. The van der Waals surface area contributed by atoms with E-state index in [2.05, 4.69) is 10.3 Å². The zero-order chi connectivity index (χ0) is 14.0. The van der Waals surface area contributed by atoms with Gasteiger partial charge in [-0.15, -0.1) is 0 Å². The summed E-state index contributed by atoms with van der Waals surface area (Å²) in [4.78, 5) is 25.6. The molecule has 1 unspecified atom stereocenters. The highest BCUT2D eigenvalue weighted by Crippen LogP contribution is 2.18. The van der Waals surface area contributed by atoms with Crippen LogP contribution in [0, 0.1) is 0 Å². The van der Waals surface area contributed by atoms with Crippen LogP contribution in [0.3, 0.4) is 0 Å². The number of hydrogen-bond acceptors (Lipinski definition) is 4. The highest BCUT2D eigenvalue weighted by Gasteiger charge is 2.27. The maximum Gasteiger partial charge on any atom is 0.417 e. The number of carbonyl (C=O) groups excluding carboxylic acids is 1. The van der Waals surface area contributed by atoms with Gasteiger partial charge in [-0.25, -0.2) is 4.79 Å². The molecule has 0 saturated heterocycles. The number of nitrogens with two attached hydrogens (primary N) is 1. The van der Waals surface area contributed by atoms with Crippen molar-refractivity contribution in [3.63, 3.8) is 0 Å². The Bertz CT molecular complexity index is 654.